The Morgan fingerprint density at radius 2 is 1.78 bits per heavy atom. The highest BCUT2D eigenvalue weighted by Crippen LogP contribution is 2.27. The number of carbonyl (C=O) groups is 1. The summed E-state index contributed by atoms with van der Waals surface area (Å²) in [5.74, 6) is -2.10. The first kappa shape index (κ1) is 17.9. The van der Waals surface area contributed by atoms with Crippen LogP contribution in [0.2, 0.25) is 0 Å². The van der Waals surface area contributed by atoms with Gasteiger partial charge in [-0.15, -0.1) is 0 Å². The molecule has 128 valence electrons. The Labute approximate surface area is 137 Å². The SMILES string of the molecule is CCCN(C(=O)c1ccc(F)c(F)c1)[C@@H]1CCCC[C@H]1N(C)C. The lowest BCUT2D eigenvalue weighted by Gasteiger charge is -2.43. The van der Waals surface area contributed by atoms with Crippen molar-refractivity contribution >= 4 is 5.91 Å². The van der Waals surface area contributed by atoms with E-state index in [9.17, 15) is 13.6 Å². The normalized spacial score (nSPS) is 21.5. The van der Waals surface area contributed by atoms with Gasteiger partial charge in [-0.25, -0.2) is 8.78 Å². The van der Waals surface area contributed by atoms with Crippen molar-refractivity contribution in [1.82, 2.24) is 9.80 Å². The minimum Gasteiger partial charge on any atom is -0.334 e. The van der Waals surface area contributed by atoms with E-state index >= 15 is 0 Å². The second-order valence-corrected chi connectivity index (χ2v) is 6.51. The molecule has 0 bridgehead atoms. The zero-order valence-corrected chi connectivity index (χ0v) is 14.2. The van der Waals surface area contributed by atoms with Crippen LogP contribution in [0.3, 0.4) is 0 Å². The highest BCUT2D eigenvalue weighted by atomic mass is 19.2. The molecular weight excluding hydrogens is 298 g/mol. The topological polar surface area (TPSA) is 23.6 Å². The summed E-state index contributed by atoms with van der Waals surface area (Å²) < 4.78 is 26.6. The van der Waals surface area contributed by atoms with Crippen LogP contribution in [-0.4, -0.2) is 48.4 Å². The molecule has 5 heteroatoms. The van der Waals surface area contributed by atoms with Crippen LogP contribution in [-0.2, 0) is 0 Å². The fourth-order valence-corrected chi connectivity index (χ4v) is 3.51. The van der Waals surface area contributed by atoms with Crippen LogP contribution in [0.5, 0.6) is 0 Å². The Morgan fingerprint density at radius 3 is 2.35 bits per heavy atom. The van der Waals surface area contributed by atoms with E-state index in [4.69, 9.17) is 0 Å². The number of hydrogen-bond acceptors (Lipinski definition) is 2. The van der Waals surface area contributed by atoms with E-state index in [1.165, 1.54) is 12.5 Å². The smallest absolute Gasteiger partial charge is 0.254 e. The summed E-state index contributed by atoms with van der Waals surface area (Å²) in [6, 6.07) is 3.84. The second-order valence-electron chi connectivity index (χ2n) is 6.51. The lowest BCUT2D eigenvalue weighted by Crippen LogP contribution is -2.53. The Morgan fingerprint density at radius 1 is 1.13 bits per heavy atom. The fraction of sp³-hybridized carbons (Fsp3) is 0.611. The summed E-state index contributed by atoms with van der Waals surface area (Å²) >= 11 is 0. The van der Waals surface area contributed by atoms with E-state index in [0.717, 1.165) is 37.8 Å². The average molecular weight is 324 g/mol. The third kappa shape index (κ3) is 4.08. The first-order chi connectivity index (χ1) is 11.0. The summed E-state index contributed by atoms with van der Waals surface area (Å²) in [4.78, 5) is 16.9. The average Bonchev–Trinajstić information content (AvgIpc) is 2.54. The predicted molar refractivity (Wildman–Crippen MR) is 87.4 cm³/mol. The van der Waals surface area contributed by atoms with Gasteiger partial charge in [-0.3, -0.25) is 4.79 Å². The number of halogens is 2. The molecule has 3 nitrogen and oxygen atoms in total. The van der Waals surface area contributed by atoms with Crippen molar-refractivity contribution in [3.05, 3.63) is 35.4 Å². The lowest BCUT2D eigenvalue weighted by molar-refractivity contribution is 0.0459. The van der Waals surface area contributed by atoms with Gasteiger partial charge in [0.2, 0.25) is 0 Å². The van der Waals surface area contributed by atoms with Gasteiger partial charge in [0.05, 0.1) is 0 Å². The molecule has 0 unspecified atom stereocenters. The molecule has 0 heterocycles. The van der Waals surface area contributed by atoms with E-state index < -0.39 is 11.6 Å². The number of benzene rings is 1. The number of rotatable bonds is 5. The standard InChI is InChI=1S/C18H26F2N2O/c1-4-11-22(17-8-6-5-7-16(17)21(2)3)18(23)13-9-10-14(19)15(20)12-13/h9-10,12,16-17H,4-8,11H2,1-3H3/t16-,17-/m1/s1. The van der Waals surface area contributed by atoms with Gasteiger partial charge in [0.25, 0.3) is 5.91 Å². The lowest BCUT2D eigenvalue weighted by atomic mass is 9.88. The van der Waals surface area contributed by atoms with E-state index in [1.807, 2.05) is 25.9 Å². The summed E-state index contributed by atoms with van der Waals surface area (Å²) in [7, 11) is 4.07. The quantitative estimate of drug-likeness (QED) is 0.825. The summed E-state index contributed by atoms with van der Waals surface area (Å²) in [5.41, 5.74) is 0.223. The van der Waals surface area contributed by atoms with Crippen LogP contribution < -0.4 is 0 Å². The van der Waals surface area contributed by atoms with Crippen molar-refractivity contribution in [2.75, 3.05) is 20.6 Å². The van der Waals surface area contributed by atoms with Crippen molar-refractivity contribution in [1.29, 1.82) is 0 Å². The number of likely N-dealkylation sites (N-methyl/N-ethyl adjacent to an activating group) is 1. The molecule has 1 fully saturated rings. The third-order valence-corrected chi connectivity index (χ3v) is 4.65. The van der Waals surface area contributed by atoms with E-state index in [1.54, 1.807) is 0 Å². The van der Waals surface area contributed by atoms with Gasteiger partial charge in [0, 0.05) is 24.2 Å². The molecule has 23 heavy (non-hydrogen) atoms. The predicted octanol–water partition coefficient (Wildman–Crippen LogP) is 3.69. The van der Waals surface area contributed by atoms with Gasteiger partial charge in [-0.1, -0.05) is 19.8 Å². The summed E-state index contributed by atoms with van der Waals surface area (Å²) in [6.45, 7) is 2.66. The second kappa shape index (κ2) is 7.86. The summed E-state index contributed by atoms with van der Waals surface area (Å²) in [6.07, 6.45) is 5.12. The number of hydrogen-bond donors (Lipinski definition) is 0. The van der Waals surface area contributed by atoms with Crippen LogP contribution in [0, 0.1) is 11.6 Å². The van der Waals surface area contributed by atoms with Gasteiger partial charge < -0.3 is 9.80 Å². The maximum absolute atomic E-state index is 13.5. The molecule has 1 aromatic rings. The van der Waals surface area contributed by atoms with Crippen LogP contribution in [0.15, 0.2) is 18.2 Å². The molecule has 1 aromatic carbocycles. The van der Waals surface area contributed by atoms with E-state index in [-0.39, 0.29) is 17.5 Å². The number of carbonyl (C=O) groups excluding carboxylic acids is 1. The van der Waals surface area contributed by atoms with Crippen LogP contribution in [0.1, 0.15) is 49.4 Å². The molecule has 1 saturated carbocycles. The van der Waals surface area contributed by atoms with Crippen molar-refractivity contribution < 1.29 is 13.6 Å². The van der Waals surface area contributed by atoms with Gasteiger partial charge >= 0.3 is 0 Å². The monoisotopic (exact) mass is 324 g/mol. The zero-order valence-electron chi connectivity index (χ0n) is 14.2. The highest BCUT2D eigenvalue weighted by Gasteiger charge is 2.34. The zero-order chi connectivity index (χ0) is 17.0. The molecule has 0 spiro atoms. The Kier molecular flexibility index (Phi) is 6.10. The van der Waals surface area contributed by atoms with E-state index in [2.05, 4.69) is 4.90 Å². The molecule has 2 rings (SSSR count). The largest absolute Gasteiger partial charge is 0.334 e. The molecule has 0 saturated heterocycles. The molecule has 1 amide bonds. The van der Waals surface area contributed by atoms with Crippen molar-refractivity contribution in [3.63, 3.8) is 0 Å². The first-order valence-electron chi connectivity index (χ1n) is 8.38. The Balaban J connectivity index is 2.28. The van der Waals surface area contributed by atoms with Crippen molar-refractivity contribution in [2.45, 2.75) is 51.1 Å². The van der Waals surface area contributed by atoms with Crippen molar-refractivity contribution in [2.24, 2.45) is 0 Å². The maximum atomic E-state index is 13.5. The van der Waals surface area contributed by atoms with Gasteiger partial charge in [-0.2, -0.15) is 0 Å². The van der Waals surface area contributed by atoms with Gasteiger partial charge in [0.1, 0.15) is 0 Å². The van der Waals surface area contributed by atoms with Crippen LogP contribution in [0.4, 0.5) is 8.78 Å². The van der Waals surface area contributed by atoms with Crippen LogP contribution in [0.25, 0.3) is 0 Å². The molecule has 2 atom stereocenters. The van der Waals surface area contributed by atoms with Gasteiger partial charge in [-0.05, 0) is 51.6 Å². The number of nitrogens with zero attached hydrogens (tertiary/aromatic N) is 2. The minimum atomic E-state index is -0.972. The van der Waals surface area contributed by atoms with Crippen molar-refractivity contribution in [3.8, 4) is 0 Å². The molecule has 0 radical (unpaired) electrons. The molecule has 0 N–H and O–H groups in total. The number of amides is 1. The summed E-state index contributed by atoms with van der Waals surface area (Å²) in [5, 5.41) is 0. The molecule has 1 aliphatic carbocycles. The molecular formula is C18H26F2N2O. The van der Waals surface area contributed by atoms with E-state index in [0.29, 0.717) is 12.6 Å². The molecule has 0 aliphatic heterocycles. The molecule has 0 aromatic heterocycles. The van der Waals surface area contributed by atoms with Crippen LogP contribution >= 0.6 is 0 Å². The first-order valence-corrected chi connectivity index (χ1v) is 8.38. The molecule has 1 aliphatic rings. The van der Waals surface area contributed by atoms with Gasteiger partial charge in [0.15, 0.2) is 11.6 Å². The maximum Gasteiger partial charge on any atom is 0.254 e. The minimum absolute atomic E-state index is 0.124. The Hall–Kier alpha value is -1.49. The highest BCUT2D eigenvalue weighted by molar-refractivity contribution is 5.94. The Bertz CT molecular complexity index is 548. The fourth-order valence-electron chi connectivity index (χ4n) is 3.51. The third-order valence-electron chi connectivity index (χ3n) is 4.65.